The van der Waals surface area contributed by atoms with Crippen LogP contribution in [0.5, 0.6) is 11.5 Å². The fourth-order valence-electron chi connectivity index (χ4n) is 3.02. The highest BCUT2D eigenvalue weighted by molar-refractivity contribution is 7.92. The zero-order valence-corrected chi connectivity index (χ0v) is 19.4. The Morgan fingerprint density at radius 3 is 2.12 bits per heavy atom. The molecule has 9 heteroatoms. The molecule has 0 aliphatic carbocycles. The number of hydrogen-bond donors (Lipinski definition) is 1. The van der Waals surface area contributed by atoms with E-state index in [0.29, 0.717) is 17.3 Å². The van der Waals surface area contributed by atoms with Crippen molar-refractivity contribution in [1.29, 1.82) is 0 Å². The highest BCUT2D eigenvalue weighted by Gasteiger charge is 2.22. The maximum atomic E-state index is 13.2. The Hall–Kier alpha value is -3.23. The van der Waals surface area contributed by atoms with Crippen LogP contribution in [0.2, 0.25) is 5.02 Å². The van der Waals surface area contributed by atoms with Gasteiger partial charge in [0.25, 0.3) is 15.9 Å². The average Bonchev–Trinajstić information content (AvgIpc) is 2.79. The van der Waals surface area contributed by atoms with Crippen molar-refractivity contribution >= 4 is 33.2 Å². The first kappa shape index (κ1) is 23.4. The van der Waals surface area contributed by atoms with Gasteiger partial charge in [-0.2, -0.15) is 0 Å². The third kappa shape index (κ3) is 5.52. The number of carbonyl (C=O) groups is 1. The van der Waals surface area contributed by atoms with Gasteiger partial charge in [-0.15, -0.1) is 0 Å². The molecule has 7 nitrogen and oxygen atoms in total. The lowest BCUT2D eigenvalue weighted by Crippen LogP contribution is -2.27. The highest BCUT2D eigenvalue weighted by Crippen LogP contribution is 2.27. The minimum absolute atomic E-state index is 0.0303. The van der Waals surface area contributed by atoms with Crippen molar-refractivity contribution in [3.8, 4) is 11.5 Å². The van der Waals surface area contributed by atoms with E-state index in [1.807, 2.05) is 24.3 Å². The number of ether oxygens (including phenoxy) is 2. The number of anilines is 1. The Morgan fingerprint density at radius 2 is 1.53 bits per heavy atom. The minimum atomic E-state index is -3.93. The predicted molar refractivity (Wildman–Crippen MR) is 124 cm³/mol. The van der Waals surface area contributed by atoms with Gasteiger partial charge in [0, 0.05) is 18.6 Å². The Bertz CT molecular complexity index is 1200. The number of nitrogens with one attached hydrogen (secondary N) is 1. The summed E-state index contributed by atoms with van der Waals surface area (Å²) < 4.78 is 38.6. The lowest BCUT2D eigenvalue weighted by atomic mass is 10.1. The van der Waals surface area contributed by atoms with Crippen LogP contribution in [0.3, 0.4) is 0 Å². The molecule has 0 radical (unpaired) electrons. The van der Waals surface area contributed by atoms with Crippen LogP contribution in [-0.4, -0.2) is 40.5 Å². The van der Waals surface area contributed by atoms with E-state index in [0.717, 1.165) is 11.3 Å². The summed E-state index contributed by atoms with van der Waals surface area (Å²) >= 11 is 5.85. The Balaban J connectivity index is 1.89. The summed E-state index contributed by atoms with van der Waals surface area (Å²) in [6.45, 7) is 0.323. The molecular weight excluding hydrogens is 452 g/mol. The second-order valence-corrected chi connectivity index (χ2v) is 9.10. The van der Waals surface area contributed by atoms with Gasteiger partial charge < -0.3 is 14.4 Å². The zero-order chi connectivity index (χ0) is 23.3. The summed E-state index contributed by atoms with van der Waals surface area (Å²) in [6.07, 6.45) is 0. The second kappa shape index (κ2) is 9.93. The molecule has 3 rings (SSSR count). The molecular formula is C23H23ClN2O5S. The van der Waals surface area contributed by atoms with Crippen molar-refractivity contribution in [3.63, 3.8) is 0 Å². The van der Waals surface area contributed by atoms with Gasteiger partial charge in [0.15, 0.2) is 0 Å². The molecule has 0 aromatic heterocycles. The molecule has 0 saturated heterocycles. The van der Waals surface area contributed by atoms with Gasteiger partial charge in [0.2, 0.25) is 0 Å². The van der Waals surface area contributed by atoms with Crippen molar-refractivity contribution in [2.45, 2.75) is 11.4 Å². The SMILES string of the molecule is COc1ccc(CN(C)C(=O)c2cc(OC)ccc2NS(=O)(=O)c2ccc(Cl)cc2)cc1. The van der Waals surface area contributed by atoms with Crippen molar-refractivity contribution in [2.24, 2.45) is 0 Å². The van der Waals surface area contributed by atoms with E-state index in [9.17, 15) is 13.2 Å². The highest BCUT2D eigenvalue weighted by atomic mass is 35.5. The third-order valence-corrected chi connectivity index (χ3v) is 6.38. The molecule has 0 atom stereocenters. The van der Waals surface area contributed by atoms with Crippen LogP contribution in [0.1, 0.15) is 15.9 Å². The molecule has 0 saturated carbocycles. The van der Waals surface area contributed by atoms with Crippen LogP contribution < -0.4 is 14.2 Å². The maximum Gasteiger partial charge on any atom is 0.261 e. The van der Waals surface area contributed by atoms with Gasteiger partial charge >= 0.3 is 0 Å². The normalized spacial score (nSPS) is 11.0. The topological polar surface area (TPSA) is 84.9 Å². The first-order valence-corrected chi connectivity index (χ1v) is 11.4. The van der Waals surface area contributed by atoms with Crippen LogP contribution >= 0.6 is 11.6 Å². The largest absolute Gasteiger partial charge is 0.497 e. The lowest BCUT2D eigenvalue weighted by Gasteiger charge is -2.20. The maximum absolute atomic E-state index is 13.2. The molecule has 1 N–H and O–H groups in total. The number of sulfonamides is 1. The molecule has 0 aliphatic heterocycles. The zero-order valence-electron chi connectivity index (χ0n) is 17.8. The molecule has 32 heavy (non-hydrogen) atoms. The molecule has 0 spiro atoms. The molecule has 1 amide bonds. The van der Waals surface area contributed by atoms with Crippen LogP contribution in [0.15, 0.2) is 71.6 Å². The van der Waals surface area contributed by atoms with E-state index in [1.54, 1.807) is 20.2 Å². The number of carbonyl (C=O) groups excluding carboxylic acids is 1. The number of hydrogen-bond acceptors (Lipinski definition) is 5. The molecule has 3 aromatic rings. The van der Waals surface area contributed by atoms with Crippen LogP contribution in [0, 0.1) is 0 Å². The summed E-state index contributed by atoms with van der Waals surface area (Å²) in [5.41, 5.74) is 1.21. The summed E-state index contributed by atoms with van der Waals surface area (Å²) in [7, 11) is 0.768. The Kier molecular flexibility index (Phi) is 7.27. The van der Waals surface area contributed by atoms with E-state index < -0.39 is 10.0 Å². The monoisotopic (exact) mass is 474 g/mol. The molecule has 168 valence electrons. The van der Waals surface area contributed by atoms with Crippen molar-refractivity contribution < 1.29 is 22.7 Å². The molecule has 0 aliphatic rings. The van der Waals surface area contributed by atoms with E-state index in [1.165, 1.54) is 48.4 Å². The van der Waals surface area contributed by atoms with E-state index in [4.69, 9.17) is 21.1 Å². The third-order valence-electron chi connectivity index (χ3n) is 4.75. The molecule has 0 bridgehead atoms. The quantitative estimate of drug-likeness (QED) is 0.522. The fraction of sp³-hybridized carbons (Fsp3) is 0.174. The number of amides is 1. The van der Waals surface area contributed by atoms with Gasteiger partial charge in [-0.1, -0.05) is 23.7 Å². The van der Waals surface area contributed by atoms with Crippen LogP contribution in [0.25, 0.3) is 0 Å². The van der Waals surface area contributed by atoms with Gasteiger partial charge in [0.05, 0.1) is 30.4 Å². The van der Waals surface area contributed by atoms with Crippen molar-refractivity contribution in [3.05, 3.63) is 82.9 Å². The van der Waals surface area contributed by atoms with Crippen LogP contribution in [0.4, 0.5) is 5.69 Å². The number of benzene rings is 3. The molecule has 0 heterocycles. The first-order valence-electron chi connectivity index (χ1n) is 9.58. The standard InChI is InChI=1S/C23H23ClN2O5S/c1-26(15-16-4-8-18(30-2)9-5-16)23(27)21-14-19(31-3)10-13-22(21)25-32(28,29)20-11-6-17(24)7-12-20/h4-14,25H,15H2,1-3H3. The number of halogens is 1. The number of methoxy groups -OCH3 is 2. The van der Waals surface area contributed by atoms with E-state index in [2.05, 4.69) is 4.72 Å². The van der Waals surface area contributed by atoms with Crippen LogP contribution in [-0.2, 0) is 16.6 Å². The summed E-state index contributed by atoms with van der Waals surface area (Å²) in [5.74, 6) is 0.781. The number of nitrogens with zero attached hydrogens (tertiary/aromatic N) is 1. The van der Waals surface area contributed by atoms with Crippen molar-refractivity contribution in [2.75, 3.05) is 26.0 Å². The lowest BCUT2D eigenvalue weighted by molar-refractivity contribution is 0.0786. The molecule has 3 aromatic carbocycles. The smallest absolute Gasteiger partial charge is 0.261 e. The molecule has 0 fully saturated rings. The Morgan fingerprint density at radius 1 is 0.938 bits per heavy atom. The average molecular weight is 475 g/mol. The predicted octanol–water partition coefficient (Wildman–Crippen LogP) is 4.43. The minimum Gasteiger partial charge on any atom is -0.497 e. The number of rotatable bonds is 8. The van der Waals surface area contributed by atoms with E-state index in [-0.39, 0.29) is 22.1 Å². The Labute approximate surface area is 192 Å². The summed E-state index contributed by atoms with van der Waals surface area (Å²) in [5, 5.41) is 0.421. The van der Waals surface area contributed by atoms with Gasteiger partial charge in [-0.05, 0) is 60.2 Å². The summed E-state index contributed by atoms with van der Waals surface area (Å²) in [4.78, 5) is 14.7. The summed E-state index contributed by atoms with van der Waals surface area (Å²) in [6, 6.07) is 17.7. The van der Waals surface area contributed by atoms with Gasteiger partial charge in [0.1, 0.15) is 11.5 Å². The van der Waals surface area contributed by atoms with Crippen molar-refractivity contribution in [1.82, 2.24) is 4.90 Å². The second-order valence-electron chi connectivity index (χ2n) is 6.98. The van der Waals surface area contributed by atoms with Gasteiger partial charge in [-0.25, -0.2) is 8.42 Å². The molecule has 0 unspecified atom stereocenters. The van der Waals surface area contributed by atoms with E-state index >= 15 is 0 Å². The first-order chi connectivity index (χ1) is 15.2. The van der Waals surface area contributed by atoms with Gasteiger partial charge in [-0.3, -0.25) is 9.52 Å². The fourth-order valence-corrected chi connectivity index (χ4v) is 4.22.